The van der Waals surface area contributed by atoms with E-state index in [1.165, 1.54) is 18.5 Å². The molecule has 0 aromatic heterocycles. The van der Waals surface area contributed by atoms with Gasteiger partial charge in [0.25, 0.3) is 0 Å². The summed E-state index contributed by atoms with van der Waals surface area (Å²) in [5.74, 6) is 0. The minimum absolute atomic E-state index is 0.116. The quantitative estimate of drug-likeness (QED) is 0.930. The number of hydrogen-bond acceptors (Lipinski definition) is 3. The predicted molar refractivity (Wildman–Crippen MR) is 81.1 cm³/mol. The molecule has 1 aromatic carbocycles. The van der Waals surface area contributed by atoms with Crippen LogP contribution in [-0.4, -0.2) is 44.2 Å². The Balaban J connectivity index is 2.18. The van der Waals surface area contributed by atoms with Crippen molar-refractivity contribution in [3.8, 4) is 0 Å². The Morgan fingerprint density at radius 1 is 1.33 bits per heavy atom. The molecule has 0 spiro atoms. The Morgan fingerprint density at radius 2 is 2.00 bits per heavy atom. The molecule has 2 rings (SSSR count). The van der Waals surface area contributed by atoms with Crippen LogP contribution >= 0.6 is 15.9 Å². The number of halogens is 1. The van der Waals surface area contributed by atoms with Crippen LogP contribution < -0.4 is 10.6 Å². The number of nitrogens with zero attached hydrogens (tertiary/aromatic N) is 2. The zero-order chi connectivity index (χ0) is 13.2. The van der Waals surface area contributed by atoms with Gasteiger partial charge in [-0.3, -0.25) is 0 Å². The minimum atomic E-state index is 0.116. The van der Waals surface area contributed by atoms with Crippen LogP contribution in [0.3, 0.4) is 0 Å². The second-order valence-electron chi connectivity index (χ2n) is 5.32. The van der Waals surface area contributed by atoms with Crippen LogP contribution in [0.1, 0.15) is 12.8 Å². The molecular weight excluding hydrogens is 290 g/mol. The lowest BCUT2D eigenvalue weighted by Crippen LogP contribution is -2.60. The summed E-state index contributed by atoms with van der Waals surface area (Å²) in [6.07, 6.45) is 2.38. The third-order valence-electron chi connectivity index (χ3n) is 4.08. The standard InChI is InChI=1S/C14H22BrN3/c1-17(2)14(10-16)8-3-9-18(11-14)13-6-4-12(15)5-7-13/h4-7H,3,8-11,16H2,1-2H3. The number of rotatable bonds is 3. The lowest BCUT2D eigenvalue weighted by atomic mass is 9.87. The van der Waals surface area contributed by atoms with Crippen molar-refractivity contribution < 1.29 is 0 Å². The fourth-order valence-corrected chi connectivity index (χ4v) is 2.96. The van der Waals surface area contributed by atoms with Crippen LogP contribution in [0.25, 0.3) is 0 Å². The highest BCUT2D eigenvalue weighted by atomic mass is 79.9. The minimum Gasteiger partial charge on any atom is -0.370 e. The predicted octanol–water partition coefficient (Wildman–Crippen LogP) is 2.31. The molecule has 3 nitrogen and oxygen atoms in total. The van der Waals surface area contributed by atoms with Gasteiger partial charge in [0.2, 0.25) is 0 Å². The van der Waals surface area contributed by atoms with Crippen molar-refractivity contribution in [2.24, 2.45) is 5.73 Å². The normalized spacial score (nSPS) is 24.6. The van der Waals surface area contributed by atoms with Gasteiger partial charge in [0.15, 0.2) is 0 Å². The Kier molecular flexibility index (Phi) is 4.30. The Morgan fingerprint density at radius 3 is 2.56 bits per heavy atom. The first kappa shape index (κ1) is 13.8. The molecule has 0 radical (unpaired) electrons. The van der Waals surface area contributed by atoms with Crippen LogP contribution in [-0.2, 0) is 0 Å². The molecule has 0 bridgehead atoms. The molecule has 0 aliphatic carbocycles. The molecule has 1 heterocycles. The summed E-state index contributed by atoms with van der Waals surface area (Å²) in [5.41, 5.74) is 7.43. The van der Waals surface area contributed by atoms with Crippen molar-refractivity contribution in [3.63, 3.8) is 0 Å². The van der Waals surface area contributed by atoms with Gasteiger partial charge in [0, 0.05) is 29.8 Å². The molecule has 1 fully saturated rings. The number of nitrogens with two attached hydrogens (primary N) is 1. The molecule has 1 aliphatic heterocycles. The van der Waals surface area contributed by atoms with Gasteiger partial charge in [-0.1, -0.05) is 15.9 Å². The summed E-state index contributed by atoms with van der Waals surface area (Å²) in [7, 11) is 4.27. The zero-order valence-corrected chi connectivity index (χ0v) is 12.8. The third-order valence-corrected chi connectivity index (χ3v) is 4.60. The van der Waals surface area contributed by atoms with E-state index in [0.717, 1.165) is 17.6 Å². The average Bonchev–Trinajstić information content (AvgIpc) is 2.39. The van der Waals surface area contributed by atoms with Gasteiger partial charge in [-0.15, -0.1) is 0 Å². The molecule has 1 aliphatic rings. The molecule has 1 saturated heterocycles. The SMILES string of the molecule is CN(C)C1(CN)CCCN(c2ccc(Br)cc2)C1. The van der Waals surface area contributed by atoms with Gasteiger partial charge >= 0.3 is 0 Å². The maximum absolute atomic E-state index is 6.03. The highest BCUT2D eigenvalue weighted by Crippen LogP contribution is 2.29. The summed E-state index contributed by atoms with van der Waals surface area (Å²) in [6.45, 7) is 2.85. The van der Waals surface area contributed by atoms with Crippen LogP contribution in [0, 0.1) is 0 Å². The molecule has 2 N–H and O–H groups in total. The van der Waals surface area contributed by atoms with Crippen molar-refractivity contribution in [1.29, 1.82) is 0 Å². The van der Waals surface area contributed by atoms with Gasteiger partial charge in [-0.25, -0.2) is 0 Å². The molecule has 100 valence electrons. The van der Waals surface area contributed by atoms with E-state index in [2.05, 4.69) is 64.1 Å². The third kappa shape index (κ3) is 2.71. The molecule has 4 heteroatoms. The Labute approximate surface area is 118 Å². The number of benzene rings is 1. The van der Waals surface area contributed by atoms with Crippen molar-refractivity contribution in [3.05, 3.63) is 28.7 Å². The number of anilines is 1. The summed E-state index contributed by atoms with van der Waals surface area (Å²) >= 11 is 3.48. The van der Waals surface area contributed by atoms with Crippen molar-refractivity contribution in [2.75, 3.05) is 38.6 Å². The fraction of sp³-hybridized carbons (Fsp3) is 0.571. The largest absolute Gasteiger partial charge is 0.370 e. The van der Waals surface area contributed by atoms with Gasteiger partial charge in [-0.2, -0.15) is 0 Å². The highest BCUT2D eigenvalue weighted by molar-refractivity contribution is 9.10. The second-order valence-corrected chi connectivity index (χ2v) is 6.24. The van der Waals surface area contributed by atoms with Crippen LogP contribution in [0.2, 0.25) is 0 Å². The van der Waals surface area contributed by atoms with Gasteiger partial charge in [0.05, 0.1) is 5.54 Å². The molecular formula is C14H22BrN3. The Bertz CT molecular complexity index is 391. The molecule has 18 heavy (non-hydrogen) atoms. The summed E-state index contributed by atoms with van der Waals surface area (Å²) in [4.78, 5) is 4.74. The van der Waals surface area contributed by atoms with E-state index in [4.69, 9.17) is 5.73 Å². The molecule has 0 amide bonds. The van der Waals surface area contributed by atoms with Crippen LogP contribution in [0.15, 0.2) is 28.7 Å². The van der Waals surface area contributed by atoms with E-state index in [9.17, 15) is 0 Å². The number of piperidine rings is 1. The number of hydrogen-bond donors (Lipinski definition) is 1. The molecule has 1 unspecified atom stereocenters. The molecule has 0 saturated carbocycles. The summed E-state index contributed by atoms with van der Waals surface area (Å²) in [5, 5.41) is 0. The summed E-state index contributed by atoms with van der Waals surface area (Å²) < 4.78 is 1.13. The van der Waals surface area contributed by atoms with Crippen LogP contribution in [0.5, 0.6) is 0 Å². The topological polar surface area (TPSA) is 32.5 Å². The monoisotopic (exact) mass is 311 g/mol. The lowest BCUT2D eigenvalue weighted by molar-refractivity contribution is 0.135. The summed E-state index contributed by atoms with van der Waals surface area (Å²) in [6, 6.07) is 8.55. The molecule has 1 aromatic rings. The van der Waals surface area contributed by atoms with Gasteiger partial charge in [-0.05, 0) is 51.2 Å². The highest BCUT2D eigenvalue weighted by Gasteiger charge is 2.36. The second kappa shape index (κ2) is 5.59. The van der Waals surface area contributed by atoms with E-state index in [-0.39, 0.29) is 5.54 Å². The van der Waals surface area contributed by atoms with Crippen molar-refractivity contribution >= 4 is 21.6 Å². The van der Waals surface area contributed by atoms with Crippen LogP contribution in [0.4, 0.5) is 5.69 Å². The van der Waals surface area contributed by atoms with E-state index >= 15 is 0 Å². The lowest BCUT2D eigenvalue weighted by Gasteiger charge is -2.47. The van der Waals surface area contributed by atoms with E-state index < -0.39 is 0 Å². The van der Waals surface area contributed by atoms with E-state index in [1.807, 2.05) is 0 Å². The number of likely N-dealkylation sites (N-methyl/N-ethyl adjacent to an activating group) is 1. The van der Waals surface area contributed by atoms with Crippen molar-refractivity contribution in [1.82, 2.24) is 4.90 Å². The Hall–Kier alpha value is -0.580. The maximum Gasteiger partial charge on any atom is 0.0501 e. The fourth-order valence-electron chi connectivity index (χ4n) is 2.70. The first-order valence-corrected chi connectivity index (χ1v) is 7.25. The maximum atomic E-state index is 6.03. The van der Waals surface area contributed by atoms with Crippen molar-refractivity contribution in [2.45, 2.75) is 18.4 Å². The zero-order valence-electron chi connectivity index (χ0n) is 11.2. The first-order valence-electron chi connectivity index (χ1n) is 6.45. The van der Waals surface area contributed by atoms with Gasteiger partial charge in [0.1, 0.15) is 0 Å². The van der Waals surface area contributed by atoms with E-state index in [0.29, 0.717) is 6.54 Å². The van der Waals surface area contributed by atoms with E-state index in [1.54, 1.807) is 0 Å². The van der Waals surface area contributed by atoms with Gasteiger partial charge < -0.3 is 15.5 Å². The first-order chi connectivity index (χ1) is 8.57. The smallest absolute Gasteiger partial charge is 0.0501 e. The molecule has 1 atom stereocenters. The average molecular weight is 312 g/mol.